The van der Waals surface area contributed by atoms with E-state index in [9.17, 15) is 0 Å². The third-order valence-corrected chi connectivity index (χ3v) is 10.9. The second-order valence-electron chi connectivity index (χ2n) is 8.23. The maximum Gasteiger partial charge on any atom is 0.192 e. The fraction of sp³-hybridized carbons (Fsp3) is 0.700. The van der Waals surface area contributed by atoms with E-state index in [2.05, 4.69) is 87.6 Å². The Hall–Kier alpha value is 0.0869. The molecule has 24 heavy (non-hydrogen) atoms. The van der Waals surface area contributed by atoms with Crippen molar-refractivity contribution in [3.05, 3.63) is 35.9 Å². The maximum atomic E-state index is 6.70. The summed E-state index contributed by atoms with van der Waals surface area (Å²) in [7, 11) is -1.71. The van der Waals surface area contributed by atoms with E-state index in [1.165, 1.54) is 5.56 Å². The van der Waals surface area contributed by atoms with Crippen LogP contribution >= 0.6 is 22.6 Å². The summed E-state index contributed by atoms with van der Waals surface area (Å²) in [5.41, 5.74) is 1.24. The second kappa shape index (κ2) is 10.3. The number of halogens is 1. The number of ether oxygens (including phenoxy) is 1. The predicted octanol–water partition coefficient (Wildman–Crippen LogP) is 6.44. The maximum absolute atomic E-state index is 6.70. The molecule has 0 fully saturated rings. The normalized spacial score (nSPS) is 15.3. The minimum Gasteiger partial charge on any atom is -0.414 e. The van der Waals surface area contributed by atoms with Crippen molar-refractivity contribution >= 4 is 30.9 Å². The van der Waals surface area contributed by atoms with Crippen LogP contribution in [0.4, 0.5) is 0 Å². The zero-order chi connectivity index (χ0) is 18.2. The molecule has 0 bridgehead atoms. The molecule has 0 radical (unpaired) electrons. The topological polar surface area (TPSA) is 18.5 Å². The molecule has 2 nitrogen and oxygen atoms in total. The first kappa shape index (κ1) is 22.1. The molecule has 0 aliphatic heterocycles. The smallest absolute Gasteiger partial charge is 0.192 e. The standard InChI is InChI=1S/C20H35IO2Si/c1-17(15-21)19(23-24(5,6)20(2,3)4)13-10-14-22-16-18-11-8-7-9-12-18/h7-9,11-12,17,19H,10,13-16H2,1-6H3/t17-,19+/m0/s1. The average Bonchev–Trinajstić information content (AvgIpc) is 2.52. The molecule has 0 aliphatic rings. The molecule has 0 aliphatic carbocycles. The van der Waals surface area contributed by atoms with Crippen molar-refractivity contribution in [2.24, 2.45) is 5.92 Å². The zero-order valence-corrected chi connectivity index (χ0v) is 19.4. The molecule has 2 atom stereocenters. The lowest BCUT2D eigenvalue weighted by Gasteiger charge is -2.41. The number of alkyl halides is 1. The first-order valence-corrected chi connectivity index (χ1v) is 13.5. The Morgan fingerprint density at radius 1 is 1.12 bits per heavy atom. The van der Waals surface area contributed by atoms with E-state index >= 15 is 0 Å². The fourth-order valence-corrected chi connectivity index (χ4v) is 4.29. The molecule has 0 aromatic heterocycles. The van der Waals surface area contributed by atoms with Crippen molar-refractivity contribution in [2.75, 3.05) is 11.0 Å². The van der Waals surface area contributed by atoms with Crippen LogP contribution in [0.5, 0.6) is 0 Å². The number of rotatable bonds is 10. The van der Waals surface area contributed by atoms with Gasteiger partial charge in [0.05, 0.1) is 6.61 Å². The molecule has 0 amide bonds. The van der Waals surface area contributed by atoms with E-state index in [0.717, 1.165) is 23.9 Å². The Labute approximate surface area is 164 Å². The highest BCUT2D eigenvalue weighted by Gasteiger charge is 2.39. The van der Waals surface area contributed by atoms with E-state index in [4.69, 9.17) is 9.16 Å². The van der Waals surface area contributed by atoms with Gasteiger partial charge < -0.3 is 9.16 Å². The van der Waals surface area contributed by atoms with Crippen LogP contribution in [-0.4, -0.2) is 25.5 Å². The number of benzene rings is 1. The third kappa shape index (κ3) is 7.54. The van der Waals surface area contributed by atoms with Crippen molar-refractivity contribution in [3.8, 4) is 0 Å². The van der Waals surface area contributed by atoms with E-state index in [1.54, 1.807) is 0 Å². The van der Waals surface area contributed by atoms with Crippen molar-refractivity contribution in [3.63, 3.8) is 0 Å². The Morgan fingerprint density at radius 3 is 2.29 bits per heavy atom. The van der Waals surface area contributed by atoms with Crippen molar-refractivity contribution in [1.29, 1.82) is 0 Å². The fourth-order valence-electron chi connectivity index (χ4n) is 2.27. The number of hydrogen-bond donors (Lipinski definition) is 0. The molecule has 0 saturated carbocycles. The third-order valence-electron chi connectivity index (χ3n) is 5.02. The molecular weight excluding hydrogens is 427 g/mol. The molecular formula is C20H35IO2Si. The van der Waals surface area contributed by atoms with Crippen LogP contribution < -0.4 is 0 Å². The van der Waals surface area contributed by atoms with Gasteiger partial charge in [-0.15, -0.1) is 0 Å². The Balaban J connectivity index is 2.43. The van der Waals surface area contributed by atoms with Gasteiger partial charge >= 0.3 is 0 Å². The van der Waals surface area contributed by atoms with Crippen LogP contribution in [0.15, 0.2) is 30.3 Å². The first-order valence-electron chi connectivity index (χ1n) is 9.03. The summed E-state index contributed by atoms with van der Waals surface area (Å²) in [6.07, 6.45) is 2.50. The average molecular weight is 462 g/mol. The van der Waals surface area contributed by atoms with Gasteiger partial charge in [0.1, 0.15) is 0 Å². The SMILES string of the molecule is C[C@@H](CI)[C@@H](CCCOCc1ccccc1)O[Si](C)(C)C(C)(C)C. The van der Waals surface area contributed by atoms with Gasteiger partial charge in [0.15, 0.2) is 8.32 Å². The highest BCUT2D eigenvalue weighted by Crippen LogP contribution is 2.38. The van der Waals surface area contributed by atoms with Crippen LogP contribution in [0.1, 0.15) is 46.1 Å². The minimum absolute atomic E-state index is 0.264. The van der Waals surface area contributed by atoms with Gasteiger partial charge in [-0.3, -0.25) is 0 Å². The van der Waals surface area contributed by atoms with Gasteiger partial charge in [0.25, 0.3) is 0 Å². The van der Waals surface area contributed by atoms with E-state index in [1.807, 2.05) is 6.07 Å². The lowest BCUT2D eigenvalue weighted by atomic mass is 10.0. The van der Waals surface area contributed by atoms with Gasteiger partial charge in [0, 0.05) is 17.1 Å². The largest absolute Gasteiger partial charge is 0.414 e. The Bertz CT molecular complexity index is 456. The van der Waals surface area contributed by atoms with Crippen molar-refractivity contribution in [1.82, 2.24) is 0 Å². The molecule has 0 heterocycles. The quantitative estimate of drug-likeness (QED) is 0.172. The van der Waals surface area contributed by atoms with Crippen molar-refractivity contribution in [2.45, 2.75) is 71.4 Å². The van der Waals surface area contributed by atoms with Gasteiger partial charge in [0.2, 0.25) is 0 Å². The van der Waals surface area contributed by atoms with Crippen LogP contribution in [0.25, 0.3) is 0 Å². The second-order valence-corrected chi connectivity index (χ2v) is 13.9. The summed E-state index contributed by atoms with van der Waals surface area (Å²) >= 11 is 2.48. The van der Waals surface area contributed by atoms with Gasteiger partial charge in [-0.25, -0.2) is 0 Å². The Morgan fingerprint density at radius 2 is 1.75 bits per heavy atom. The summed E-state index contributed by atoms with van der Waals surface area (Å²) in [5, 5.41) is 0.264. The van der Waals surface area contributed by atoms with Crippen LogP contribution in [-0.2, 0) is 15.8 Å². The molecule has 1 aromatic rings. The van der Waals surface area contributed by atoms with E-state index in [0.29, 0.717) is 18.6 Å². The molecule has 4 heteroatoms. The summed E-state index contributed by atoms with van der Waals surface area (Å²) in [6, 6.07) is 10.4. The summed E-state index contributed by atoms with van der Waals surface area (Å²) in [5.74, 6) is 0.592. The minimum atomic E-state index is -1.71. The summed E-state index contributed by atoms with van der Waals surface area (Å²) in [4.78, 5) is 0. The highest BCUT2D eigenvalue weighted by atomic mass is 127. The summed E-state index contributed by atoms with van der Waals surface area (Å²) < 4.78 is 13.7. The van der Waals surface area contributed by atoms with E-state index < -0.39 is 8.32 Å². The monoisotopic (exact) mass is 462 g/mol. The molecule has 1 rings (SSSR count). The molecule has 0 unspecified atom stereocenters. The van der Waals surface area contributed by atoms with E-state index in [-0.39, 0.29) is 5.04 Å². The van der Waals surface area contributed by atoms with Gasteiger partial charge in [-0.2, -0.15) is 0 Å². The first-order chi connectivity index (χ1) is 11.2. The lowest BCUT2D eigenvalue weighted by molar-refractivity contribution is 0.0861. The Kier molecular flexibility index (Phi) is 9.49. The van der Waals surface area contributed by atoms with Crippen LogP contribution in [0, 0.1) is 5.92 Å². The zero-order valence-electron chi connectivity index (χ0n) is 16.3. The van der Waals surface area contributed by atoms with Crippen molar-refractivity contribution < 1.29 is 9.16 Å². The molecule has 0 saturated heterocycles. The molecule has 0 N–H and O–H groups in total. The van der Waals surface area contributed by atoms with Gasteiger partial charge in [-0.1, -0.05) is 80.6 Å². The predicted molar refractivity (Wildman–Crippen MR) is 115 cm³/mol. The molecule has 138 valence electrons. The van der Waals surface area contributed by atoms with Gasteiger partial charge in [-0.05, 0) is 42.5 Å². The summed E-state index contributed by atoms with van der Waals surface area (Å²) in [6.45, 7) is 15.5. The number of hydrogen-bond acceptors (Lipinski definition) is 2. The van der Waals surface area contributed by atoms with Crippen LogP contribution in [0.3, 0.4) is 0 Å². The van der Waals surface area contributed by atoms with Crippen LogP contribution in [0.2, 0.25) is 18.1 Å². The molecule has 1 aromatic carbocycles. The molecule has 0 spiro atoms. The lowest BCUT2D eigenvalue weighted by Crippen LogP contribution is -2.45. The highest BCUT2D eigenvalue weighted by molar-refractivity contribution is 14.1.